The summed E-state index contributed by atoms with van der Waals surface area (Å²) in [5.74, 6) is 0.913. The molecule has 3 rings (SSSR count). The predicted molar refractivity (Wildman–Crippen MR) is 74.9 cm³/mol. The fraction of sp³-hybridized carbons (Fsp3) is 0.375. The maximum atomic E-state index is 5.85. The highest BCUT2D eigenvalue weighted by Gasteiger charge is 2.40. The van der Waals surface area contributed by atoms with Gasteiger partial charge in [0.15, 0.2) is 0 Å². The standard InChI is InChI=1S/C16H19NO/c1-18-15-5-4-13-8-12(2-3-14(13)9-15)10-16(11-17)6-7-16/h2-5,8-9H,6-7,10-11,17H2,1H3. The molecule has 0 unspecified atom stereocenters. The second-order valence-corrected chi connectivity index (χ2v) is 5.43. The second-order valence-electron chi connectivity index (χ2n) is 5.43. The van der Waals surface area contributed by atoms with Gasteiger partial charge in [-0.2, -0.15) is 0 Å². The van der Waals surface area contributed by atoms with Crippen LogP contribution in [0.4, 0.5) is 0 Å². The van der Waals surface area contributed by atoms with E-state index in [2.05, 4.69) is 30.3 Å². The van der Waals surface area contributed by atoms with Crippen molar-refractivity contribution in [2.45, 2.75) is 19.3 Å². The molecule has 0 amide bonds. The summed E-state index contributed by atoms with van der Waals surface area (Å²) in [5.41, 5.74) is 7.65. The highest BCUT2D eigenvalue weighted by molar-refractivity contribution is 5.84. The van der Waals surface area contributed by atoms with Crippen molar-refractivity contribution < 1.29 is 4.74 Å². The third kappa shape index (κ3) is 2.08. The van der Waals surface area contributed by atoms with Gasteiger partial charge in [0.25, 0.3) is 0 Å². The van der Waals surface area contributed by atoms with Crippen LogP contribution < -0.4 is 10.5 Å². The lowest BCUT2D eigenvalue weighted by Gasteiger charge is -2.12. The summed E-state index contributed by atoms with van der Waals surface area (Å²) in [7, 11) is 1.70. The molecule has 1 aliphatic rings. The number of rotatable bonds is 4. The fourth-order valence-corrected chi connectivity index (χ4v) is 2.57. The van der Waals surface area contributed by atoms with Crippen molar-refractivity contribution in [3.63, 3.8) is 0 Å². The normalized spacial score (nSPS) is 16.8. The van der Waals surface area contributed by atoms with Crippen LogP contribution in [0.1, 0.15) is 18.4 Å². The van der Waals surface area contributed by atoms with Crippen molar-refractivity contribution in [2.75, 3.05) is 13.7 Å². The van der Waals surface area contributed by atoms with E-state index in [1.54, 1.807) is 7.11 Å². The number of methoxy groups -OCH3 is 1. The van der Waals surface area contributed by atoms with E-state index in [9.17, 15) is 0 Å². The summed E-state index contributed by atoms with van der Waals surface area (Å²) < 4.78 is 5.24. The molecule has 0 radical (unpaired) electrons. The van der Waals surface area contributed by atoms with Gasteiger partial charge in [-0.1, -0.05) is 24.3 Å². The smallest absolute Gasteiger partial charge is 0.119 e. The van der Waals surface area contributed by atoms with Crippen molar-refractivity contribution in [1.29, 1.82) is 0 Å². The molecule has 0 saturated heterocycles. The van der Waals surface area contributed by atoms with Crippen LogP contribution in [0, 0.1) is 5.41 Å². The molecular weight excluding hydrogens is 222 g/mol. The summed E-state index contributed by atoms with van der Waals surface area (Å²) in [5, 5.41) is 2.51. The number of nitrogens with two attached hydrogens (primary N) is 1. The largest absolute Gasteiger partial charge is 0.497 e. The third-order valence-corrected chi connectivity index (χ3v) is 4.08. The Bertz CT molecular complexity index is 572. The van der Waals surface area contributed by atoms with E-state index in [0.717, 1.165) is 18.7 Å². The molecule has 1 fully saturated rings. The number of hydrogen-bond acceptors (Lipinski definition) is 2. The van der Waals surface area contributed by atoms with Crippen LogP contribution in [-0.4, -0.2) is 13.7 Å². The maximum Gasteiger partial charge on any atom is 0.119 e. The van der Waals surface area contributed by atoms with Gasteiger partial charge in [-0.25, -0.2) is 0 Å². The molecule has 0 aromatic heterocycles. The molecule has 18 heavy (non-hydrogen) atoms. The van der Waals surface area contributed by atoms with E-state index in [1.807, 2.05) is 6.07 Å². The lowest BCUT2D eigenvalue weighted by Crippen LogP contribution is -2.17. The van der Waals surface area contributed by atoms with Crippen LogP contribution in [0.2, 0.25) is 0 Å². The van der Waals surface area contributed by atoms with Crippen molar-refractivity contribution in [2.24, 2.45) is 11.1 Å². The Morgan fingerprint density at radius 1 is 1.11 bits per heavy atom. The molecule has 0 aliphatic heterocycles. The highest BCUT2D eigenvalue weighted by atomic mass is 16.5. The monoisotopic (exact) mass is 241 g/mol. The average molecular weight is 241 g/mol. The predicted octanol–water partition coefficient (Wildman–Crippen LogP) is 3.13. The maximum absolute atomic E-state index is 5.85. The molecule has 2 heteroatoms. The Morgan fingerprint density at radius 2 is 1.83 bits per heavy atom. The first kappa shape index (κ1) is 11.5. The quantitative estimate of drug-likeness (QED) is 0.892. The zero-order chi connectivity index (χ0) is 12.6. The van der Waals surface area contributed by atoms with Gasteiger partial charge in [-0.05, 0) is 59.7 Å². The van der Waals surface area contributed by atoms with Gasteiger partial charge < -0.3 is 10.5 Å². The van der Waals surface area contributed by atoms with Gasteiger partial charge in [0.2, 0.25) is 0 Å². The molecule has 2 N–H and O–H groups in total. The van der Waals surface area contributed by atoms with Crippen LogP contribution in [0.25, 0.3) is 10.8 Å². The molecule has 0 heterocycles. The summed E-state index contributed by atoms with van der Waals surface area (Å²) in [6.07, 6.45) is 3.68. The zero-order valence-electron chi connectivity index (χ0n) is 10.8. The van der Waals surface area contributed by atoms with Crippen LogP contribution in [0.3, 0.4) is 0 Å². The summed E-state index contributed by atoms with van der Waals surface area (Å²) in [6.45, 7) is 0.813. The molecule has 0 bridgehead atoms. The first-order valence-corrected chi connectivity index (χ1v) is 6.51. The van der Waals surface area contributed by atoms with E-state index in [-0.39, 0.29) is 0 Å². The van der Waals surface area contributed by atoms with E-state index in [4.69, 9.17) is 10.5 Å². The second kappa shape index (κ2) is 4.29. The van der Waals surface area contributed by atoms with E-state index in [1.165, 1.54) is 29.2 Å². The Balaban J connectivity index is 1.91. The minimum atomic E-state index is 0.403. The third-order valence-electron chi connectivity index (χ3n) is 4.08. The first-order chi connectivity index (χ1) is 8.74. The topological polar surface area (TPSA) is 35.2 Å². The van der Waals surface area contributed by atoms with Crippen LogP contribution in [-0.2, 0) is 6.42 Å². The average Bonchev–Trinajstić information content (AvgIpc) is 3.18. The van der Waals surface area contributed by atoms with E-state index < -0.39 is 0 Å². The van der Waals surface area contributed by atoms with Crippen molar-refractivity contribution >= 4 is 10.8 Å². The van der Waals surface area contributed by atoms with Gasteiger partial charge in [0.1, 0.15) is 5.75 Å². The lowest BCUT2D eigenvalue weighted by molar-refractivity contribution is 0.415. The van der Waals surface area contributed by atoms with Gasteiger partial charge in [-0.3, -0.25) is 0 Å². The molecule has 94 valence electrons. The van der Waals surface area contributed by atoms with Crippen molar-refractivity contribution in [3.8, 4) is 5.75 Å². The van der Waals surface area contributed by atoms with Gasteiger partial charge in [0.05, 0.1) is 7.11 Å². The molecule has 0 spiro atoms. The lowest BCUT2D eigenvalue weighted by atomic mass is 9.95. The van der Waals surface area contributed by atoms with E-state index >= 15 is 0 Å². The molecule has 2 aromatic carbocycles. The fourth-order valence-electron chi connectivity index (χ4n) is 2.57. The first-order valence-electron chi connectivity index (χ1n) is 6.51. The Hall–Kier alpha value is -1.54. The van der Waals surface area contributed by atoms with Crippen molar-refractivity contribution in [3.05, 3.63) is 42.0 Å². The Morgan fingerprint density at radius 3 is 2.50 bits per heavy atom. The SMILES string of the molecule is COc1ccc2cc(CC3(CN)CC3)ccc2c1. The van der Waals surface area contributed by atoms with Crippen molar-refractivity contribution in [1.82, 2.24) is 0 Å². The van der Waals surface area contributed by atoms with Crippen LogP contribution >= 0.6 is 0 Å². The van der Waals surface area contributed by atoms with Gasteiger partial charge in [-0.15, -0.1) is 0 Å². The zero-order valence-corrected chi connectivity index (χ0v) is 10.8. The van der Waals surface area contributed by atoms with E-state index in [0.29, 0.717) is 5.41 Å². The molecule has 1 aliphatic carbocycles. The Labute approximate surface area is 108 Å². The molecule has 2 aromatic rings. The minimum absolute atomic E-state index is 0.403. The Kier molecular flexibility index (Phi) is 2.75. The number of benzene rings is 2. The molecule has 0 atom stereocenters. The molecule has 2 nitrogen and oxygen atoms in total. The van der Waals surface area contributed by atoms with Gasteiger partial charge >= 0.3 is 0 Å². The van der Waals surface area contributed by atoms with Crippen LogP contribution in [0.15, 0.2) is 36.4 Å². The highest BCUT2D eigenvalue weighted by Crippen LogP contribution is 2.47. The van der Waals surface area contributed by atoms with Gasteiger partial charge in [0, 0.05) is 0 Å². The molecule has 1 saturated carbocycles. The van der Waals surface area contributed by atoms with Crippen LogP contribution in [0.5, 0.6) is 5.75 Å². The minimum Gasteiger partial charge on any atom is -0.497 e. The number of fused-ring (bicyclic) bond motifs is 1. The molecular formula is C16H19NO. The number of hydrogen-bond donors (Lipinski definition) is 1. The number of ether oxygens (including phenoxy) is 1. The summed E-state index contributed by atoms with van der Waals surface area (Å²) >= 11 is 0. The summed E-state index contributed by atoms with van der Waals surface area (Å²) in [4.78, 5) is 0. The summed E-state index contributed by atoms with van der Waals surface area (Å²) in [6, 6.07) is 12.9.